The van der Waals surface area contributed by atoms with Crippen molar-refractivity contribution in [1.29, 1.82) is 0 Å². The lowest BCUT2D eigenvalue weighted by atomic mass is 10.1. The summed E-state index contributed by atoms with van der Waals surface area (Å²) in [7, 11) is 0. The fourth-order valence-electron chi connectivity index (χ4n) is 4.72. The predicted molar refractivity (Wildman–Crippen MR) is 131 cm³/mol. The fourth-order valence-corrected chi connectivity index (χ4v) is 4.72. The number of hydrogen-bond acceptors (Lipinski definition) is 4. The first-order chi connectivity index (χ1) is 16.1. The van der Waals surface area contributed by atoms with Gasteiger partial charge in [0.15, 0.2) is 0 Å². The molecule has 1 saturated heterocycles. The molecular weight excluding hydrogens is 412 g/mol. The summed E-state index contributed by atoms with van der Waals surface area (Å²) in [6, 6.07) is 12.7. The zero-order valence-electron chi connectivity index (χ0n) is 19.7. The number of para-hydroxylation sites is 1. The Hall–Kier alpha value is -3.09. The summed E-state index contributed by atoms with van der Waals surface area (Å²) in [5.74, 6) is 0.852. The van der Waals surface area contributed by atoms with Crippen molar-refractivity contribution in [1.82, 2.24) is 14.9 Å². The van der Waals surface area contributed by atoms with Crippen LogP contribution in [0.3, 0.4) is 0 Å². The van der Waals surface area contributed by atoms with Crippen LogP contribution in [0, 0.1) is 13.8 Å². The van der Waals surface area contributed by atoms with E-state index in [-0.39, 0.29) is 0 Å². The molecule has 0 amide bonds. The molecule has 3 aromatic rings. The van der Waals surface area contributed by atoms with Gasteiger partial charge in [-0.15, -0.1) is 0 Å². The van der Waals surface area contributed by atoms with Crippen LogP contribution in [0.15, 0.2) is 41.4 Å². The molecule has 1 fully saturated rings. The first kappa shape index (κ1) is 21.7. The zero-order chi connectivity index (χ0) is 22.8. The molecular formula is C27H32N4O2. The number of hydrogen-bond donors (Lipinski definition) is 2. The van der Waals surface area contributed by atoms with Gasteiger partial charge in [0.05, 0.1) is 41.6 Å². The molecule has 172 valence electrons. The number of ether oxygens (including phenoxy) is 2. The van der Waals surface area contributed by atoms with E-state index in [1.54, 1.807) is 0 Å². The highest BCUT2D eigenvalue weighted by Gasteiger charge is 2.18. The summed E-state index contributed by atoms with van der Waals surface area (Å²) in [6.45, 7) is 11.5. The second kappa shape index (κ2) is 9.41. The average Bonchev–Trinajstić information content (AvgIpc) is 3.48. The third-order valence-electron chi connectivity index (χ3n) is 6.37. The Kier molecular flexibility index (Phi) is 6.20. The molecule has 5 rings (SSSR count). The van der Waals surface area contributed by atoms with E-state index in [4.69, 9.17) is 14.5 Å². The maximum absolute atomic E-state index is 6.00. The first-order valence-electron chi connectivity index (χ1n) is 11.8. The molecule has 33 heavy (non-hydrogen) atoms. The van der Waals surface area contributed by atoms with Crippen LogP contribution in [0.1, 0.15) is 30.3 Å². The van der Waals surface area contributed by atoms with E-state index in [9.17, 15) is 0 Å². The summed E-state index contributed by atoms with van der Waals surface area (Å²) in [4.78, 5) is 14.6. The fraction of sp³-hybridized carbons (Fsp3) is 0.370. The van der Waals surface area contributed by atoms with Gasteiger partial charge in [0.25, 0.3) is 0 Å². The zero-order valence-corrected chi connectivity index (χ0v) is 19.7. The standard InChI is InChI=1S/C27H32N4O2/c1-4-33-26-17-25(29-24(26)16-23-18(2)15-19(3)28-23)27-21(9-10-31-11-13-32-14-12-31)20-7-5-6-8-22(20)30-27/h5-8,15-17,28-29H,4,9-14H2,1-3H3/b24-16?,27-25-. The molecule has 4 heterocycles. The number of morpholine rings is 1. The number of H-pyrrole nitrogens is 2. The van der Waals surface area contributed by atoms with Crippen molar-refractivity contribution in [3.05, 3.63) is 74.6 Å². The van der Waals surface area contributed by atoms with Gasteiger partial charge in [-0.05, 0) is 56.5 Å². The van der Waals surface area contributed by atoms with E-state index in [0.29, 0.717) is 6.61 Å². The van der Waals surface area contributed by atoms with Gasteiger partial charge in [0.1, 0.15) is 5.75 Å². The van der Waals surface area contributed by atoms with Crippen LogP contribution < -0.4 is 26.0 Å². The minimum absolute atomic E-state index is 0.612. The van der Waals surface area contributed by atoms with E-state index in [1.165, 1.54) is 16.4 Å². The number of fused-ring (bicyclic) bond motifs is 1. The second-order valence-corrected chi connectivity index (χ2v) is 8.75. The minimum Gasteiger partial charge on any atom is -0.492 e. The van der Waals surface area contributed by atoms with E-state index in [1.807, 2.05) is 6.92 Å². The molecule has 2 aliphatic heterocycles. The molecule has 0 radical (unpaired) electrons. The quantitative estimate of drug-likeness (QED) is 0.606. The smallest absolute Gasteiger partial charge is 0.144 e. The molecule has 0 bridgehead atoms. The molecule has 6 heteroatoms. The van der Waals surface area contributed by atoms with Crippen LogP contribution in [0.2, 0.25) is 0 Å². The number of aromatic amines is 2. The minimum atomic E-state index is 0.612. The van der Waals surface area contributed by atoms with Gasteiger partial charge in [-0.2, -0.15) is 0 Å². The average molecular weight is 445 g/mol. The number of aromatic nitrogens is 2. The molecule has 0 aliphatic carbocycles. The van der Waals surface area contributed by atoms with Crippen LogP contribution in [-0.2, 0) is 4.74 Å². The van der Waals surface area contributed by atoms with Crippen LogP contribution in [0.5, 0.6) is 5.75 Å². The number of rotatable bonds is 6. The van der Waals surface area contributed by atoms with Crippen molar-refractivity contribution >= 4 is 17.3 Å². The van der Waals surface area contributed by atoms with Crippen LogP contribution in [0.4, 0.5) is 0 Å². The third-order valence-corrected chi connectivity index (χ3v) is 6.37. The molecule has 1 aromatic carbocycles. The lowest BCUT2D eigenvalue weighted by Gasteiger charge is -2.26. The first-order valence-corrected chi connectivity index (χ1v) is 11.8. The lowest BCUT2D eigenvalue weighted by Crippen LogP contribution is -2.37. The maximum atomic E-state index is 6.00. The highest BCUT2D eigenvalue weighted by molar-refractivity contribution is 5.89. The molecule has 0 saturated carbocycles. The normalized spacial score (nSPS) is 18.5. The SMILES string of the molecule is CCOc1c/c(=C2/N=c3ccccc3=C2CCN2CCOCC2)[nH]c1=Cc1[nH]c(C)cc1C. The molecule has 2 aromatic heterocycles. The molecule has 0 atom stereocenters. The maximum Gasteiger partial charge on any atom is 0.144 e. The van der Waals surface area contributed by atoms with Gasteiger partial charge in [-0.1, -0.05) is 18.2 Å². The summed E-state index contributed by atoms with van der Waals surface area (Å²) >= 11 is 0. The van der Waals surface area contributed by atoms with Crippen molar-refractivity contribution < 1.29 is 9.47 Å². The van der Waals surface area contributed by atoms with E-state index < -0.39 is 0 Å². The van der Waals surface area contributed by atoms with Gasteiger partial charge >= 0.3 is 0 Å². The lowest BCUT2D eigenvalue weighted by molar-refractivity contribution is 0.0390. The topological polar surface area (TPSA) is 65.6 Å². The van der Waals surface area contributed by atoms with Crippen molar-refractivity contribution in [3.63, 3.8) is 0 Å². The summed E-state index contributed by atoms with van der Waals surface area (Å²) in [5.41, 5.74) is 5.77. The monoisotopic (exact) mass is 444 g/mol. The molecule has 6 nitrogen and oxygen atoms in total. The Balaban J connectivity index is 1.61. The van der Waals surface area contributed by atoms with Crippen molar-refractivity contribution in [2.45, 2.75) is 27.2 Å². The largest absolute Gasteiger partial charge is 0.492 e. The molecule has 0 unspecified atom stereocenters. The number of nitrogens with zero attached hydrogens (tertiary/aromatic N) is 2. The van der Waals surface area contributed by atoms with Crippen molar-refractivity contribution in [3.8, 4) is 5.75 Å². The second-order valence-electron chi connectivity index (χ2n) is 8.75. The predicted octanol–water partition coefficient (Wildman–Crippen LogP) is 1.50. The Morgan fingerprint density at radius 1 is 1.12 bits per heavy atom. The Labute approximate surface area is 194 Å². The van der Waals surface area contributed by atoms with E-state index >= 15 is 0 Å². The Morgan fingerprint density at radius 3 is 2.70 bits per heavy atom. The van der Waals surface area contributed by atoms with Gasteiger partial charge in [-0.25, -0.2) is 4.99 Å². The third kappa shape index (κ3) is 4.54. The van der Waals surface area contributed by atoms with Gasteiger partial charge in [0.2, 0.25) is 0 Å². The van der Waals surface area contributed by atoms with Crippen LogP contribution in [-0.4, -0.2) is 54.3 Å². The molecule has 2 aliphatic rings. The Morgan fingerprint density at radius 2 is 1.94 bits per heavy atom. The van der Waals surface area contributed by atoms with Crippen LogP contribution >= 0.6 is 0 Å². The van der Waals surface area contributed by atoms with E-state index in [0.717, 1.165) is 78.2 Å². The Bertz CT molecular complexity index is 1390. The highest BCUT2D eigenvalue weighted by atomic mass is 16.5. The number of aryl methyl sites for hydroxylation is 2. The van der Waals surface area contributed by atoms with Crippen molar-refractivity contribution in [2.24, 2.45) is 4.99 Å². The summed E-state index contributed by atoms with van der Waals surface area (Å²) in [6.07, 6.45) is 3.08. The van der Waals surface area contributed by atoms with Gasteiger partial charge in [0, 0.05) is 42.3 Å². The van der Waals surface area contributed by atoms with Crippen LogP contribution in [0.25, 0.3) is 17.3 Å². The molecule has 0 spiro atoms. The van der Waals surface area contributed by atoms with E-state index in [2.05, 4.69) is 71.2 Å². The summed E-state index contributed by atoms with van der Waals surface area (Å²) in [5, 5.41) is 4.23. The summed E-state index contributed by atoms with van der Waals surface area (Å²) < 4.78 is 11.5. The number of benzene rings is 1. The highest BCUT2D eigenvalue weighted by Crippen LogP contribution is 2.19. The van der Waals surface area contributed by atoms with Gasteiger partial charge < -0.3 is 19.4 Å². The molecule has 2 N–H and O–H groups in total. The van der Waals surface area contributed by atoms with Crippen molar-refractivity contribution in [2.75, 3.05) is 39.5 Å². The number of nitrogens with one attached hydrogen (secondary N) is 2. The van der Waals surface area contributed by atoms with Gasteiger partial charge in [-0.3, -0.25) is 4.90 Å².